The van der Waals surface area contributed by atoms with Crippen LogP contribution in [0.1, 0.15) is 12.8 Å². The molecular weight excluding hydrogens is 466 g/mol. The highest BCUT2D eigenvalue weighted by Crippen LogP contribution is 2.32. The van der Waals surface area contributed by atoms with E-state index >= 15 is 0 Å². The van der Waals surface area contributed by atoms with Crippen LogP contribution < -0.4 is 10.1 Å². The minimum absolute atomic E-state index is 0.206. The van der Waals surface area contributed by atoms with Gasteiger partial charge in [0.1, 0.15) is 17.5 Å². The topological polar surface area (TPSA) is 130 Å². The molecule has 0 spiro atoms. The van der Waals surface area contributed by atoms with Crippen LogP contribution in [0, 0.1) is 0 Å². The second-order valence-corrected chi connectivity index (χ2v) is 9.03. The Kier molecular flexibility index (Phi) is 5.29. The summed E-state index contributed by atoms with van der Waals surface area (Å²) < 4.78 is 6.20. The Morgan fingerprint density at radius 3 is 2.68 bits per heavy atom. The number of fused-ring (bicyclic) bond motifs is 2. The first-order valence-corrected chi connectivity index (χ1v) is 12.3. The van der Waals surface area contributed by atoms with Crippen LogP contribution in [0.15, 0.2) is 67.4 Å². The largest absolute Gasteiger partial charge is 0.489 e. The van der Waals surface area contributed by atoms with Gasteiger partial charge in [0.25, 0.3) is 0 Å². The van der Waals surface area contributed by atoms with Crippen LogP contribution in [-0.2, 0) is 0 Å². The molecule has 10 heteroatoms. The lowest BCUT2D eigenvalue weighted by Gasteiger charge is -2.23. The molecule has 37 heavy (non-hydrogen) atoms. The van der Waals surface area contributed by atoms with Crippen LogP contribution >= 0.6 is 0 Å². The summed E-state index contributed by atoms with van der Waals surface area (Å²) >= 11 is 0. The average Bonchev–Trinajstić information content (AvgIpc) is 3.58. The third kappa shape index (κ3) is 4.07. The third-order valence-electron chi connectivity index (χ3n) is 6.61. The lowest BCUT2D eigenvalue weighted by molar-refractivity contribution is 0.162. The molecule has 0 radical (unpaired) electrons. The lowest BCUT2D eigenvalue weighted by Crippen LogP contribution is -2.34. The van der Waals surface area contributed by atoms with Crippen LogP contribution in [0.3, 0.4) is 0 Å². The number of imidazole rings is 1. The Labute approximate surface area is 211 Å². The van der Waals surface area contributed by atoms with E-state index in [9.17, 15) is 0 Å². The molecule has 1 aliphatic heterocycles. The fraction of sp³-hybridized carbons (Fsp3) is 0.185. The van der Waals surface area contributed by atoms with Gasteiger partial charge in [0.15, 0.2) is 17.1 Å². The highest BCUT2D eigenvalue weighted by Gasteiger charge is 2.18. The molecule has 0 saturated carbocycles. The standard InChI is InChI=1S/C27H23N9O/c1-2-7-30-22(3-1)20-6-10-31-26-23(20)33-27(34-26)24-21-12-17(14-32-25(21)36-35-24)16-11-19(15-29-13-16)37-18-4-8-28-9-5-18/h1-3,6-7,10-15,18,28H,4-5,8-9H2,(H,31,33,34)(H,32,35,36). The van der Waals surface area contributed by atoms with Crippen LogP contribution in [0.4, 0.5) is 0 Å². The molecular formula is C27H23N9O. The maximum atomic E-state index is 6.20. The van der Waals surface area contributed by atoms with Crippen LogP contribution in [0.5, 0.6) is 5.75 Å². The van der Waals surface area contributed by atoms with Gasteiger partial charge < -0.3 is 15.0 Å². The zero-order valence-corrected chi connectivity index (χ0v) is 19.8. The van der Waals surface area contributed by atoms with Gasteiger partial charge in [-0.05, 0) is 56.3 Å². The summed E-state index contributed by atoms with van der Waals surface area (Å²) in [5.41, 5.74) is 6.40. The highest BCUT2D eigenvalue weighted by molar-refractivity contribution is 5.95. The Morgan fingerprint density at radius 2 is 1.78 bits per heavy atom. The number of nitrogens with zero attached hydrogens (tertiary/aromatic N) is 6. The van der Waals surface area contributed by atoms with Crippen LogP contribution in [0.2, 0.25) is 0 Å². The van der Waals surface area contributed by atoms with E-state index in [2.05, 4.69) is 40.4 Å². The quantitative estimate of drug-likeness (QED) is 0.329. The maximum absolute atomic E-state index is 6.20. The monoisotopic (exact) mass is 489 g/mol. The molecule has 0 unspecified atom stereocenters. The summed E-state index contributed by atoms with van der Waals surface area (Å²) in [6, 6.07) is 11.8. The summed E-state index contributed by atoms with van der Waals surface area (Å²) in [6.45, 7) is 1.95. The Morgan fingerprint density at radius 1 is 0.865 bits per heavy atom. The molecule has 0 atom stereocenters. The Bertz CT molecular complexity index is 1700. The van der Waals surface area contributed by atoms with Crippen molar-refractivity contribution in [1.29, 1.82) is 0 Å². The number of rotatable bonds is 5. The maximum Gasteiger partial charge on any atom is 0.181 e. The summed E-state index contributed by atoms with van der Waals surface area (Å²) in [7, 11) is 0. The number of nitrogens with one attached hydrogen (secondary N) is 3. The van der Waals surface area contributed by atoms with Gasteiger partial charge in [-0.3, -0.25) is 15.1 Å². The van der Waals surface area contributed by atoms with E-state index in [-0.39, 0.29) is 6.10 Å². The van der Waals surface area contributed by atoms with Crippen molar-refractivity contribution < 1.29 is 4.74 Å². The molecule has 0 aromatic carbocycles. The number of H-pyrrole nitrogens is 2. The van der Waals surface area contributed by atoms with E-state index in [1.807, 2.05) is 42.6 Å². The van der Waals surface area contributed by atoms with Crippen molar-refractivity contribution in [1.82, 2.24) is 45.4 Å². The molecule has 0 amide bonds. The van der Waals surface area contributed by atoms with Crippen molar-refractivity contribution in [2.45, 2.75) is 18.9 Å². The lowest BCUT2D eigenvalue weighted by atomic mass is 10.1. The smallest absolute Gasteiger partial charge is 0.181 e. The van der Waals surface area contributed by atoms with Crippen molar-refractivity contribution in [3.8, 4) is 39.7 Å². The van der Waals surface area contributed by atoms with Gasteiger partial charge in [0.05, 0.1) is 22.8 Å². The van der Waals surface area contributed by atoms with Gasteiger partial charge in [-0.2, -0.15) is 5.10 Å². The fourth-order valence-corrected chi connectivity index (χ4v) is 4.75. The minimum Gasteiger partial charge on any atom is -0.489 e. The van der Waals surface area contributed by atoms with Gasteiger partial charge >= 0.3 is 0 Å². The normalized spacial score (nSPS) is 14.4. The molecule has 6 aromatic rings. The molecule has 182 valence electrons. The first-order valence-electron chi connectivity index (χ1n) is 12.3. The molecule has 1 aliphatic rings. The van der Waals surface area contributed by atoms with Gasteiger partial charge in [-0.1, -0.05) is 6.07 Å². The van der Waals surface area contributed by atoms with E-state index in [0.29, 0.717) is 17.1 Å². The SMILES string of the molecule is c1ccc(-c2ccnc3nc(-c4[nH]nc5ncc(-c6cncc(OC7CCNCC7)c6)cc45)[nH]c23)nc1. The molecule has 7 heterocycles. The molecule has 3 N–H and O–H groups in total. The van der Waals surface area contributed by atoms with Crippen LogP contribution in [0.25, 0.3) is 56.1 Å². The molecule has 0 bridgehead atoms. The average molecular weight is 490 g/mol. The van der Waals surface area contributed by atoms with E-state index in [0.717, 1.165) is 70.7 Å². The number of ether oxygens (including phenoxy) is 1. The second kappa shape index (κ2) is 9.07. The molecule has 6 aromatic heterocycles. The van der Waals surface area contributed by atoms with Gasteiger partial charge in [0.2, 0.25) is 0 Å². The van der Waals surface area contributed by atoms with Gasteiger partial charge in [-0.25, -0.2) is 15.0 Å². The van der Waals surface area contributed by atoms with E-state index in [1.165, 1.54) is 0 Å². The number of aromatic nitrogens is 8. The first-order chi connectivity index (χ1) is 18.3. The summed E-state index contributed by atoms with van der Waals surface area (Å²) in [5, 5.41) is 11.7. The first kappa shape index (κ1) is 21.6. The van der Waals surface area contributed by atoms with Crippen molar-refractivity contribution in [2.75, 3.05) is 13.1 Å². The van der Waals surface area contributed by atoms with Gasteiger partial charge in [0, 0.05) is 41.5 Å². The fourth-order valence-electron chi connectivity index (χ4n) is 4.75. The summed E-state index contributed by atoms with van der Waals surface area (Å²) in [5.74, 6) is 1.40. The van der Waals surface area contributed by atoms with Crippen molar-refractivity contribution in [3.63, 3.8) is 0 Å². The third-order valence-corrected chi connectivity index (χ3v) is 6.61. The van der Waals surface area contributed by atoms with E-state index in [1.54, 1.807) is 24.8 Å². The highest BCUT2D eigenvalue weighted by atomic mass is 16.5. The Hall–Kier alpha value is -4.70. The van der Waals surface area contributed by atoms with Gasteiger partial charge in [-0.15, -0.1) is 0 Å². The minimum atomic E-state index is 0.206. The van der Waals surface area contributed by atoms with E-state index in [4.69, 9.17) is 9.72 Å². The van der Waals surface area contributed by atoms with Crippen LogP contribution in [-0.4, -0.2) is 59.3 Å². The number of aromatic amines is 2. The number of piperidine rings is 1. The predicted molar refractivity (Wildman–Crippen MR) is 140 cm³/mol. The summed E-state index contributed by atoms with van der Waals surface area (Å²) in [4.78, 5) is 26.1. The molecule has 1 fully saturated rings. The zero-order valence-electron chi connectivity index (χ0n) is 19.8. The zero-order chi connectivity index (χ0) is 24.6. The van der Waals surface area contributed by atoms with Crippen molar-refractivity contribution in [3.05, 3.63) is 67.4 Å². The second-order valence-electron chi connectivity index (χ2n) is 9.03. The summed E-state index contributed by atoms with van der Waals surface area (Å²) in [6.07, 6.45) is 11.1. The van der Waals surface area contributed by atoms with E-state index < -0.39 is 0 Å². The van der Waals surface area contributed by atoms with Crippen molar-refractivity contribution in [2.24, 2.45) is 0 Å². The van der Waals surface area contributed by atoms with Crippen molar-refractivity contribution >= 4 is 22.2 Å². The molecule has 10 nitrogen and oxygen atoms in total. The molecule has 7 rings (SSSR count). The molecule has 0 aliphatic carbocycles. The Balaban J connectivity index is 1.26. The number of hydrogen-bond donors (Lipinski definition) is 3. The molecule has 1 saturated heterocycles. The predicted octanol–water partition coefficient (Wildman–Crippen LogP) is 4.15. The number of hydrogen-bond acceptors (Lipinski definition) is 8. The number of pyridine rings is 4.